The van der Waals surface area contributed by atoms with Gasteiger partial charge in [-0.05, 0) is 56.9 Å². The third-order valence-corrected chi connectivity index (χ3v) is 4.86. The molecule has 1 fully saturated rings. The highest BCUT2D eigenvalue weighted by atomic mass is 32.1. The number of rotatable bonds is 7. The van der Waals surface area contributed by atoms with Gasteiger partial charge in [0.05, 0.1) is 0 Å². The van der Waals surface area contributed by atoms with Gasteiger partial charge in [-0.3, -0.25) is 0 Å². The largest absolute Gasteiger partial charge is 0.312 e. The van der Waals surface area contributed by atoms with Crippen LogP contribution in [0.3, 0.4) is 0 Å². The molecule has 1 unspecified atom stereocenters. The number of nitrogens with zero attached hydrogens (tertiary/aromatic N) is 1. The molecule has 2 heterocycles. The van der Waals surface area contributed by atoms with E-state index in [-0.39, 0.29) is 0 Å². The van der Waals surface area contributed by atoms with E-state index in [4.69, 9.17) is 0 Å². The van der Waals surface area contributed by atoms with Crippen LogP contribution in [0.5, 0.6) is 0 Å². The molecule has 1 atom stereocenters. The van der Waals surface area contributed by atoms with E-state index in [1.807, 2.05) is 11.3 Å². The Kier molecular flexibility index (Phi) is 5.67. The van der Waals surface area contributed by atoms with Crippen molar-refractivity contribution in [3.8, 4) is 0 Å². The van der Waals surface area contributed by atoms with Crippen LogP contribution < -0.4 is 5.32 Å². The molecule has 1 saturated heterocycles. The minimum atomic E-state index is 0.758. The average molecular weight is 266 g/mol. The maximum atomic E-state index is 3.60. The van der Waals surface area contributed by atoms with Crippen LogP contribution >= 0.6 is 11.3 Å². The van der Waals surface area contributed by atoms with Crippen LogP contribution in [0.4, 0.5) is 0 Å². The molecule has 0 bridgehead atoms. The highest BCUT2D eigenvalue weighted by molar-refractivity contribution is 7.11. The molecule has 2 rings (SSSR count). The predicted molar refractivity (Wildman–Crippen MR) is 80.2 cm³/mol. The van der Waals surface area contributed by atoms with Gasteiger partial charge in [-0.15, -0.1) is 11.3 Å². The van der Waals surface area contributed by atoms with Gasteiger partial charge in [0.1, 0.15) is 0 Å². The SMILES string of the molecule is CCc1ccc(CNCC(C)CN2CCCC2)s1. The van der Waals surface area contributed by atoms with E-state index in [1.54, 1.807) is 0 Å². The van der Waals surface area contributed by atoms with Gasteiger partial charge in [0, 0.05) is 22.8 Å². The molecule has 0 saturated carbocycles. The first kappa shape index (κ1) is 14.0. The van der Waals surface area contributed by atoms with Crippen molar-refractivity contribution in [2.45, 2.75) is 39.7 Å². The summed E-state index contributed by atoms with van der Waals surface area (Å²) in [6, 6.07) is 4.52. The minimum absolute atomic E-state index is 0.758. The third kappa shape index (κ3) is 4.38. The lowest BCUT2D eigenvalue weighted by atomic mass is 10.1. The molecule has 0 amide bonds. The molecular weight excluding hydrogens is 240 g/mol. The third-order valence-electron chi connectivity index (χ3n) is 3.63. The number of aryl methyl sites for hydroxylation is 1. The van der Waals surface area contributed by atoms with Crippen molar-refractivity contribution in [2.24, 2.45) is 5.92 Å². The highest BCUT2D eigenvalue weighted by Gasteiger charge is 2.14. The van der Waals surface area contributed by atoms with Crippen molar-refractivity contribution in [2.75, 3.05) is 26.2 Å². The molecule has 0 aliphatic carbocycles. The molecule has 1 aromatic rings. The second-order valence-electron chi connectivity index (χ2n) is 5.47. The number of hydrogen-bond donors (Lipinski definition) is 1. The summed E-state index contributed by atoms with van der Waals surface area (Å²) >= 11 is 1.94. The van der Waals surface area contributed by atoms with E-state index in [1.165, 1.54) is 42.2 Å². The quantitative estimate of drug-likeness (QED) is 0.815. The van der Waals surface area contributed by atoms with Gasteiger partial charge >= 0.3 is 0 Å². The average Bonchev–Trinajstić information content (AvgIpc) is 3.00. The zero-order chi connectivity index (χ0) is 12.8. The maximum Gasteiger partial charge on any atom is 0.0299 e. The lowest BCUT2D eigenvalue weighted by molar-refractivity contribution is 0.283. The molecular formula is C15H26N2S. The topological polar surface area (TPSA) is 15.3 Å². The zero-order valence-electron chi connectivity index (χ0n) is 11.7. The molecule has 3 heteroatoms. The summed E-state index contributed by atoms with van der Waals surface area (Å²) in [4.78, 5) is 5.57. The molecule has 0 spiro atoms. The summed E-state index contributed by atoms with van der Waals surface area (Å²) in [5, 5.41) is 3.60. The summed E-state index contributed by atoms with van der Waals surface area (Å²) in [5.74, 6) is 0.758. The first-order valence-electron chi connectivity index (χ1n) is 7.28. The summed E-state index contributed by atoms with van der Waals surface area (Å²) in [6.45, 7) is 10.6. The smallest absolute Gasteiger partial charge is 0.0299 e. The van der Waals surface area contributed by atoms with E-state index >= 15 is 0 Å². The molecule has 1 N–H and O–H groups in total. The number of likely N-dealkylation sites (tertiary alicyclic amines) is 1. The molecule has 2 nitrogen and oxygen atoms in total. The Morgan fingerprint density at radius 3 is 2.67 bits per heavy atom. The number of thiophene rings is 1. The molecule has 0 aromatic carbocycles. The number of hydrogen-bond acceptors (Lipinski definition) is 3. The maximum absolute atomic E-state index is 3.60. The Labute approximate surface area is 115 Å². The Balaban J connectivity index is 1.61. The fraction of sp³-hybridized carbons (Fsp3) is 0.733. The highest BCUT2D eigenvalue weighted by Crippen LogP contribution is 2.16. The summed E-state index contributed by atoms with van der Waals surface area (Å²) in [5.41, 5.74) is 0. The molecule has 0 radical (unpaired) electrons. The normalized spacial score (nSPS) is 18.3. The van der Waals surface area contributed by atoms with Crippen molar-refractivity contribution in [3.05, 3.63) is 21.9 Å². The lowest BCUT2D eigenvalue weighted by Gasteiger charge is -2.20. The fourth-order valence-corrected chi connectivity index (χ4v) is 3.55. The van der Waals surface area contributed by atoms with Gasteiger partial charge in [-0.25, -0.2) is 0 Å². The van der Waals surface area contributed by atoms with Gasteiger partial charge in [-0.1, -0.05) is 13.8 Å². The Morgan fingerprint density at radius 1 is 1.28 bits per heavy atom. The summed E-state index contributed by atoms with van der Waals surface area (Å²) in [7, 11) is 0. The second-order valence-corrected chi connectivity index (χ2v) is 6.72. The van der Waals surface area contributed by atoms with Crippen molar-refractivity contribution < 1.29 is 0 Å². The van der Waals surface area contributed by atoms with Crippen LogP contribution in [-0.2, 0) is 13.0 Å². The Bertz CT molecular complexity index is 342. The van der Waals surface area contributed by atoms with E-state index in [0.29, 0.717) is 0 Å². The minimum Gasteiger partial charge on any atom is -0.312 e. The van der Waals surface area contributed by atoms with Crippen LogP contribution in [0.25, 0.3) is 0 Å². The lowest BCUT2D eigenvalue weighted by Crippen LogP contribution is -2.31. The van der Waals surface area contributed by atoms with Gasteiger partial charge in [0.15, 0.2) is 0 Å². The summed E-state index contributed by atoms with van der Waals surface area (Å²) < 4.78 is 0. The molecule has 18 heavy (non-hydrogen) atoms. The number of nitrogens with one attached hydrogen (secondary N) is 1. The van der Waals surface area contributed by atoms with Gasteiger partial charge in [0.2, 0.25) is 0 Å². The Morgan fingerprint density at radius 2 is 2.00 bits per heavy atom. The standard InChI is InChI=1S/C15H26N2S/c1-3-14-6-7-15(18-14)11-16-10-13(2)12-17-8-4-5-9-17/h6-7,13,16H,3-5,8-12H2,1-2H3. The molecule has 1 aliphatic heterocycles. The molecule has 1 aliphatic rings. The van der Waals surface area contributed by atoms with Crippen LogP contribution in [0.2, 0.25) is 0 Å². The van der Waals surface area contributed by atoms with Crippen LogP contribution in [0.1, 0.15) is 36.4 Å². The molecule has 102 valence electrons. The van der Waals surface area contributed by atoms with E-state index in [2.05, 4.69) is 36.2 Å². The van der Waals surface area contributed by atoms with Crippen LogP contribution in [0, 0.1) is 5.92 Å². The van der Waals surface area contributed by atoms with E-state index in [0.717, 1.165) is 25.4 Å². The summed E-state index contributed by atoms with van der Waals surface area (Å²) in [6.07, 6.45) is 3.96. The van der Waals surface area contributed by atoms with Crippen LogP contribution in [-0.4, -0.2) is 31.1 Å². The first-order valence-corrected chi connectivity index (χ1v) is 8.10. The Hall–Kier alpha value is -0.380. The van der Waals surface area contributed by atoms with Crippen molar-refractivity contribution in [3.63, 3.8) is 0 Å². The van der Waals surface area contributed by atoms with E-state index < -0.39 is 0 Å². The van der Waals surface area contributed by atoms with Gasteiger partial charge in [-0.2, -0.15) is 0 Å². The van der Waals surface area contributed by atoms with Crippen molar-refractivity contribution in [1.82, 2.24) is 10.2 Å². The monoisotopic (exact) mass is 266 g/mol. The van der Waals surface area contributed by atoms with Crippen molar-refractivity contribution in [1.29, 1.82) is 0 Å². The zero-order valence-corrected chi connectivity index (χ0v) is 12.6. The van der Waals surface area contributed by atoms with Gasteiger partial charge in [0.25, 0.3) is 0 Å². The van der Waals surface area contributed by atoms with Crippen LogP contribution in [0.15, 0.2) is 12.1 Å². The first-order chi connectivity index (χ1) is 8.78. The van der Waals surface area contributed by atoms with E-state index in [9.17, 15) is 0 Å². The fourth-order valence-electron chi connectivity index (χ4n) is 2.62. The second kappa shape index (κ2) is 7.27. The van der Waals surface area contributed by atoms with Gasteiger partial charge < -0.3 is 10.2 Å². The van der Waals surface area contributed by atoms with Crippen molar-refractivity contribution >= 4 is 11.3 Å². The predicted octanol–water partition coefficient (Wildman–Crippen LogP) is 3.13. The molecule has 1 aromatic heterocycles.